The lowest BCUT2D eigenvalue weighted by molar-refractivity contribution is 0.257. The lowest BCUT2D eigenvalue weighted by atomic mass is 10.1. The minimum atomic E-state index is 0.608. The molecule has 0 bridgehead atoms. The number of aromatic nitrogens is 1. The van der Waals surface area contributed by atoms with E-state index in [0.29, 0.717) is 6.04 Å². The lowest BCUT2D eigenvalue weighted by Crippen LogP contribution is -2.23. The Labute approximate surface area is 96.3 Å². The second-order valence-corrected chi connectivity index (χ2v) is 4.62. The van der Waals surface area contributed by atoms with Gasteiger partial charge in [-0.3, -0.25) is 4.90 Å². The first kappa shape index (κ1) is 10.8. The highest BCUT2D eigenvalue weighted by molar-refractivity contribution is 7.71. The standard InChI is InChI=1S/C12H18N2S/c1-2-7-14-8-3-4-11(14)10-5-6-12(15)13-9-10/h5-6,9,11H,2-4,7-8H2,1H3,(H,13,15)/t11-/m1/s1. The predicted molar refractivity (Wildman–Crippen MR) is 65.5 cm³/mol. The van der Waals surface area contributed by atoms with Crippen molar-refractivity contribution in [3.05, 3.63) is 28.5 Å². The van der Waals surface area contributed by atoms with Crippen LogP contribution in [0.1, 0.15) is 37.8 Å². The number of pyridine rings is 1. The van der Waals surface area contributed by atoms with E-state index in [2.05, 4.69) is 29.1 Å². The van der Waals surface area contributed by atoms with E-state index in [9.17, 15) is 0 Å². The molecule has 1 atom stereocenters. The number of nitrogens with one attached hydrogen (secondary N) is 1. The van der Waals surface area contributed by atoms with Crippen LogP contribution >= 0.6 is 12.2 Å². The van der Waals surface area contributed by atoms with E-state index < -0.39 is 0 Å². The molecular weight excluding hydrogens is 204 g/mol. The van der Waals surface area contributed by atoms with Gasteiger partial charge >= 0.3 is 0 Å². The van der Waals surface area contributed by atoms with Gasteiger partial charge in [-0.25, -0.2) is 0 Å². The molecule has 0 aliphatic carbocycles. The average Bonchev–Trinajstić information content (AvgIpc) is 2.68. The van der Waals surface area contributed by atoms with E-state index in [1.54, 1.807) is 0 Å². The summed E-state index contributed by atoms with van der Waals surface area (Å²) in [5, 5.41) is 0. The Morgan fingerprint density at radius 3 is 3.07 bits per heavy atom. The summed E-state index contributed by atoms with van der Waals surface area (Å²) in [4.78, 5) is 5.70. The molecular formula is C12H18N2S. The van der Waals surface area contributed by atoms with E-state index in [1.165, 1.54) is 37.9 Å². The van der Waals surface area contributed by atoms with Crippen molar-refractivity contribution >= 4 is 12.2 Å². The zero-order valence-corrected chi connectivity index (χ0v) is 10.0. The van der Waals surface area contributed by atoms with Gasteiger partial charge in [-0.05, 0) is 44.0 Å². The number of hydrogen-bond donors (Lipinski definition) is 1. The molecule has 1 aliphatic heterocycles. The van der Waals surface area contributed by atoms with E-state index >= 15 is 0 Å². The fourth-order valence-corrected chi connectivity index (χ4v) is 2.52. The summed E-state index contributed by atoms with van der Waals surface area (Å²) in [6.07, 6.45) is 5.91. The molecule has 0 radical (unpaired) electrons. The maximum absolute atomic E-state index is 5.06. The predicted octanol–water partition coefficient (Wildman–Crippen LogP) is 3.29. The summed E-state index contributed by atoms with van der Waals surface area (Å²) >= 11 is 5.06. The van der Waals surface area contributed by atoms with Crippen LogP contribution in [0.3, 0.4) is 0 Å². The van der Waals surface area contributed by atoms with Crippen LogP contribution in [0.15, 0.2) is 18.3 Å². The van der Waals surface area contributed by atoms with Crippen LogP contribution in [0.2, 0.25) is 0 Å². The van der Waals surface area contributed by atoms with E-state index in [4.69, 9.17) is 12.2 Å². The van der Waals surface area contributed by atoms with E-state index in [-0.39, 0.29) is 0 Å². The van der Waals surface area contributed by atoms with Crippen LogP contribution in [0.25, 0.3) is 0 Å². The molecule has 0 unspecified atom stereocenters. The van der Waals surface area contributed by atoms with Crippen molar-refractivity contribution in [2.24, 2.45) is 0 Å². The number of rotatable bonds is 3. The number of likely N-dealkylation sites (tertiary alicyclic amines) is 1. The zero-order chi connectivity index (χ0) is 10.7. The monoisotopic (exact) mass is 222 g/mol. The van der Waals surface area contributed by atoms with Crippen molar-refractivity contribution in [3.63, 3.8) is 0 Å². The van der Waals surface area contributed by atoms with Crippen molar-refractivity contribution in [2.75, 3.05) is 13.1 Å². The summed E-state index contributed by atoms with van der Waals surface area (Å²) in [6.45, 7) is 4.70. The van der Waals surface area contributed by atoms with Gasteiger partial charge in [0, 0.05) is 12.2 Å². The van der Waals surface area contributed by atoms with Gasteiger partial charge in [0.1, 0.15) is 4.64 Å². The molecule has 2 nitrogen and oxygen atoms in total. The quantitative estimate of drug-likeness (QED) is 0.791. The SMILES string of the molecule is CCCN1CCC[C@@H]1c1ccc(=S)[nH]c1. The van der Waals surface area contributed by atoms with Crippen molar-refractivity contribution in [1.82, 2.24) is 9.88 Å². The maximum atomic E-state index is 5.06. The average molecular weight is 222 g/mol. The zero-order valence-electron chi connectivity index (χ0n) is 9.20. The number of aromatic amines is 1. The van der Waals surface area contributed by atoms with Gasteiger partial charge in [0.25, 0.3) is 0 Å². The molecule has 1 aliphatic rings. The molecule has 1 saturated heterocycles. The molecule has 0 amide bonds. The summed E-state index contributed by atoms with van der Waals surface area (Å²) < 4.78 is 0.818. The third-order valence-corrected chi connectivity index (χ3v) is 3.32. The van der Waals surface area contributed by atoms with Gasteiger partial charge in [0.2, 0.25) is 0 Å². The normalized spacial score (nSPS) is 22.1. The smallest absolute Gasteiger partial charge is 0.103 e. The molecule has 0 aromatic carbocycles. The first-order valence-corrected chi connectivity index (χ1v) is 6.15. The molecule has 1 aromatic rings. The van der Waals surface area contributed by atoms with Crippen LogP contribution in [-0.4, -0.2) is 23.0 Å². The minimum Gasteiger partial charge on any atom is -0.353 e. The number of nitrogens with zero attached hydrogens (tertiary/aromatic N) is 1. The highest BCUT2D eigenvalue weighted by atomic mass is 32.1. The fraction of sp³-hybridized carbons (Fsp3) is 0.583. The molecule has 82 valence electrons. The van der Waals surface area contributed by atoms with Gasteiger partial charge in [-0.15, -0.1) is 0 Å². The fourth-order valence-electron chi connectivity index (χ4n) is 2.39. The summed E-state index contributed by atoms with van der Waals surface area (Å²) in [5.74, 6) is 0. The summed E-state index contributed by atoms with van der Waals surface area (Å²) in [7, 11) is 0. The second kappa shape index (κ2) is 4.90. The lowest BCUT2D eigenvalue weighted by Gasteiger charge is -2.23. The largest absolute Gasteiger partial charge is 0.353 e. The van der Waals surface area contributed by atoms with Gasteiger partial charge in [-0.2, -0.15) is 0 Å². The minimum absolute atomic E-state index is 0.608. The number of H-pyrrole nitrogens is 1. The van der Waals surface area contributed by atoms with Crippen LogP contribution in [0.5, 0.6) is 0 Å². The van der Waals surface area contributed by atoms with Crippen LogP contribution in [0, 0.1) is 4.64 Å². The Morgan fingerprint density at radius 2 is 2.40 bits per heavy atom. The molecule has 1 N–H and O–H groups in total. The molecule has 0 spiro atoms. The van der Waals surface area contributed by atoms with Crippen LogP contribution in [0.4, 0.5) is 0 Å². The Kier molecular flexibility index (Phi) is 3.54. The van der Waals surface area contributed by atoms with Crippen molar-refractivity contribution in [1.29, 1.82) is 0 Å². The highest BCUT2D eigenvalue weighted by Crippen LogP contribution is 2.31. The highest BCUT2D eigenvalue weighted by Gasteiger charge is 2.24. The first-order valence-electron chi connectivity index (χ1n) is 5.74. The molecule has 2 rings (SSSR count). The molecule has 15 heavy (non-hydrogen) atoms. The van der Waals surface area contributed by atoms with Crippen molar-refractivity contribution < 1.29 is 0 Å². The second-order valence-electron chi connectivity index (χ2n) is 4.18. The molecule has 1 aromatic heterocycles. The first-order chi connectivity index (χ1) is 7.31. The molecule has 3 heteroatoms. The van der Waals surface area contributed by atoms with Gasteiger partial charge in [0.05, 0.1) is 0 Å². The van der Waals surface area contributed by atoms with Gasteiger partial charge in [0.15, 0.2) is 0 Å². The third-order valence-electron chi connectivity index (χ3n) is 3.07. The van der Waals surface area contributed by atoms with E-state index in [1.807, 2.05) is 6.07 Å². The maximum Gasteiger partial charge on any atom is 0.103 e. The summed E-state index contributed by atoms with van der Waals surface area (Å²) in [5.41, 5.74) is 1.38. The molecule has 0 saturated carbocycles. The van der Waals surface area contributed by atoms with Gasteiger partial charge < -0.3 is 4.98 Å². The van der Waals surface area contributed by atoms with Crippen LogP contribution in [-0.2, 0) is 0 Å². The topological polar surface area (TPSA) is 19.0 Å². The Morgan fingerprint density at radius 1 is 1.53 bits per heavy atom. The number of hydrogen-bond acceptors (Lipinski definition) is 2. The van der Waals surface area contributed by atoms with Crippen molar-refractivity contribution in [2.45, 2.75) is 32.2 Å². The third kappa shape index (κ3) is 2.47. The molecule has 2 heterocycles. The van der Waals surface area contributed by atoms with E-state index in [0.717, 1.165) is 4.64 Å². The van der Waals surface area contributed by atoms with Gasteiger partial charge in [-0.1, -0.05) is 25.2 Å². The Bertz CT molecular complexity index is 352. The molecule has 1 fully saturated rings. The van der Waals surface area contributed by atoms with Crippen LogP contribution < -0.4 is 0 Å². The Balaban J connectivity index is 2.15. The van der Waals surface area contributed by atoms with Crippen molar-refractivity contribution in [3.8, 4) is 0 Å². The Hall–Kier alpha value is -0.670. The summed E-state index contributed by atoms with van der Waals surface area (Å²) in [6, 6.07) is 4.77.